The molecule has 0 fully saturated rings. The molecule has 0 nitrogen and oxygen atoms in total. The average molecular weight is 139 g/mol. The van der Waals surface area contributed by atoms with Gasteiger partial charge in [0.2, 0.25) is 0 Å². The van der Waals surface area contributed by atoms with Crippen molar-refractivity contribution in [3.63, 3.8) is 0 Å². The third-order valence-electron chi connectivity index (χ3n) is 1.47. The van der Waals surface area contributed by atoms with Gasteiger partial charge in [-0.25, -0.2) is 4.39 Å². The largest absolute Gasteiger partial charge is 0.207 e. The van der Waals surface area contributed by atoms with Gasteiger partial charge in [-0.1, -0.05) is 32.0 Å². The predicted octanol–water partition coefficient (Wildman–Crippen LogP) is 2.95. The van der Waals surface area contributed by atoms with Crippen LogP contribution in [0.25, 0.3) is 0 Å². The van der Waals surface area contributed by atoms with E-state index < -0.39 is 0 Å². The molecule has 0 N–H and O–H groups in total. The van der Waals surface area contributed by atoms with E-state index in [0.717, 1.165) is 0 Å². The molecular formula is C9H11F. The molecule has 1 heteroatoms. The molecule has 54 valence electrons. The average Bonchev–Trinajstić information content (AvgIpc) is 1.85. The molecule has 0 radical (unpaired) electrons. The van der Waals surface area contributed by atoms with Gasteiger partial charge in [0.15, 0.2) is 0 Å². The van der Waals surface area contributed by atoms with E-state index in [4.69, 9.17) is 1.37 Å². The zero-order valence-electron chi connectivity index (χ0n) is 7.19. The van der Waals surface area contributed by atoms with Crippen molar-refractivity contribution >= 4 is 0 Å². The van der Waals surface area contributed by atoms with Gasteiger partial charge in [-0.15, -0.1) is 0 Å². The fourth-order valence-corrected chi connectivity index (χ4v) is 0.890. The van der Waals surface area contributed by atoms with Crippen LogP contribution in [0, 0.1) is 5.82 Å². The first kappa shape index (κ1) is 5.90. The molecule has 0 spiro atoms. The molecule has 1 aromatic rings. The minimum Gasteiger partial charge on any atom is -0.207 e. The van der Waals surface area contributed by atoms with Gasteiger partial charge in [0, 0.05) is 0 Å². The van der Waals surface area contributed by atoms with Gasteiger partial charge in [-0.2, -0.15) is 0 Å². The summed E-state index contributed by atoms with van der Waals surface area (Å²) in [6.07, 6.45) is 0. The molecule has 10 heavy (non-hydrogen) atoms. The van der Waals surface area contributed by atoms with Crippen molar-refractivity contribution < 1.29 is 5.76 Å². The van der Waals surface area contributed by atoms with Crippen molar-refractivity contribution in [3.8, 4) is 0 Å². The molecule has 0 unspecified atom stereocenters. The SMILES string of the molecule is [2H]c1ccc(C(C)C)c(F)c1. The van der Waals surface area contributed by atoms with E-state index in [1.54, 1.807) is 12.1 Å². The smallest absolute Gasteiger partial charge is 0.126 e. The molecule has 0 aromatic heterocycles. The maximum absolute atomic E-state index is 13.0. The van der Waals surface area contributed by atoms with Gasteiger partial charge in [-0.3, -0.25) is 0 Å². The van der Waals surface area contributed by atoms with Crippen LogP contribution in [0.5, 0.6) is 0 Å². The Morgan fingerprint density at radius 1 is 1.50 bits per heavy atom. The van der Waals surface area contributed by atoms with Crippen LogP contribution in [0.15, 0.2) is 24.2 Å². The molecule has 0 aliphatic carbocycles. The highest BCUT2D eigenvalue weighted by molar-refractivity contribution is 5.20. The molecule has 0 saturated heterocycles. The van der Waals surface area contributed by atoms with Crippen LogP contribution in [0.3, 0.4) is 0 Å². The molecule has 0 heterocycles. The van der Waals surface area contributed by atoms with E-state index >= 15 is 0 Å². The first-order chi connectivity index (χ1) is 5.11. The second kappa shape index (κ2) is 2.82. The van der Waals surface area contributed by atoms with Gasteiger partial charge in [-0.05, 0) is 17.5 Å². The summed E-state index contributed by atoms with van der Waals surface area (Å²) in [5, 5.41) is 0. The van der Waals surface area contributed by atoms with Gasteiger partial charge in [0.05, 0.1) is 1.37 Å². The lowest BCUT2D eigenvalue weighted by molar-refractivity contribution is 0.598. The summed E-state index contributed by atoms with van der Waals surface area (Å²) in [5.74, 6) is -0.0805. The highest BCUT2D eigenvalue weighted by Gasteiger charge is 2.02. The molecule has 1 rings (SSSR count). The standard InChI is InChI=1S/C9H11F/c1-7(2)8-5-3-4-6-9(8)10/h3-7H,1-2H3/i4D. The summed E-state index contributed by atoms with van der Waals surface area (Å²) in [7, 11) is 0. The van der Waals surface area contributed by atoms with Gasteiger partial charge >= 0.3 is 0 Å². The van der Waals surface area contributed by atoms with Crippen LogP contribution in [-0.2, 0) is 0 Å². The Hall–Kier alpha value is -0.850. The summed E-state index contributed by atoms with van der Waals surface area (Å²) in [4.78, 5) is 0. The van der Waals surface area contributed by atoms with Crippen LogP contribution >= 0.6 is 0 Å². The quantitative estimate of drug-likeness (QED) is 0.561. The summed E-state index contributed by atoms with van der Waals surface area (Å²) in [6.45, 7) is 3.87. The van der Waals surface area contributed by atoms with Crippen molar-refractivity contribution in [2.24, 2.45) is 0 Å². The van der Waals surface area contributed by atoms with Crippen molar-refractivity contribution in [3.05, 3.63) is 35.6 Å². The van der Waals surface area contributed by atoms with Crippen LogP contribution in [0.4, 0.5) is 4.39 Å². The summed E-state index contributed by atoms with van der Waals surface area (Å²) >= 11 is 0. The lowest BCUT2D eigenvalue weighted by Crippen LogP contribution is -1.90. The Kier molecular flexibility index (Phi) is 1.67. The Balaban J connectivity index is 3.09. The monoisotopic (exact) mass is 139 g/mol. The number of benzene rings is 1. The molecule has 0 atom stereocenters. The number of rotatable bonds is 1. The Morgan fingerprint density at radius 3 is 2.70 bits per heavy atom. The lowest BCUT2D eigenvalue weighted by Gasteiger charge is -2.04. The Labute approximate surface area is 62.1 Å². The third kappa shape index (κ3) is 1.35. The minimum absolute atomic E-state index is 0.190. The Bertz CT molecular complexity index is 256. The summed E-state index contributed by atoms with van der Waals surface area (Å²) < 4.78 is 20.1. The zero-order chi connectivity index (χ0) is 8.43. The van der Waals surface area contributed by atoms with Crippen LogP contribution in [-0.4, -0.2) is 0 Å². The van der Waals surface area contributed by atoms with E-state index in [2.05, 4.69) is 0 Å². The van der Waals surface area contributed by atoms with E-state index in [1.165, 1.54) is 6.07 Å². The maximum atomic E-state index is 13.0. The molecule has 0 saturated carbocycles. The second-order valence-electron chi connectivity index (χ2n) is 2.60. The zero-order valence-corrected chi connectivity index (χ0v) is 6.19. The highest BCUT2D eigenvalue weighted by Crippen LogP contribution is 2.16. The number of halogens is 1. The lowest BCUT2D eigenvalue weighted by atomic mass is 10.0. The van der Waals surface area contributed by atoms with Crippen LogP contribution < -0.4 is 0 Å². The molecule has 0 amide bonds. The van der Waals surface area contributed by atoms with Crippen LogP contribution in [0.1, 0.15) is 26.7 Å². The van der Waals surface area contributed by atoms with E-state index in [0.29, 0.717) is 5.56 Å². The molecule has 0 aliphatic heterocycles. The minimum atomic E-state index is -0.271. The first-order valence-electron chi connectivity index (χ1n) is 3.87. The molecular weight excluding hydrogens is 127 g/mol. The maximum Gasteiger partial charge on any atom is 0.126 e. The van der Waals surface area contributed by atoms with E-state index in [1.807, 2.05) is 13.8 Å². The topological polar surface area (TPSA) is 0 Å². The predicted molar refractivity (Wildman–Crippen MR) is 40.5 cm³/mol. The molecule has 0 aliphatic rings. The van der Waals surface area contributed by atoms with E-state index in [9.17, 15) is 4.39 Å². The van der Waals surface area contributed by atoms with Gasteiger partial charge < -0.3 is 0 Å². The summed E-state index contributed by atoms with van der Waals surface area (Å²) in [5.41, 5.74) is 0.681. The number of hydrogen-bond acceptors (Lipinski definition) is 0. The third-order valence-corrected chi connectivity index (χ3v) is 1.47. The van der Waals surface area contributed by atoms with Crippen molar-refractivity contribution in [2.75, 3.05) is 0 Å². The van der Waals surface area contributed by atoms with Gasteiger partial charge in [0.1, 0.15) is 5.82 Å². The molecule has 1 aromatic carbocycles. The summed E-state index contributed by atoms with van der Waals surface area (Å²) in [6, 6.07) is 4.75. The normalized spacial score (nSPS) is 11.8. The van der Waals surface area contributed by atoms with Crippen molar-refractivity contribution in [1.82, 2.24) is 0 Å². The van der Waals surface area contributed by atoms with E-state index in [-0.39, 0.29) is 17.8 Å². The van der Waals surface area contributed by atoms with Crippen molar-refractivity contribution in [2.45, 2.75) is 19.8 Å². The highest BCUT2D eigenvalue weighted by atomic mass is 19.1. The van der Waals surface area contributed by atoms with Crippen LogP contribution in [0.2, 0.25) is 0 Å². The van der Waals surface area contributed by atoms with Gasteiger partial charge in [0.25, 0.3) is 0 Å². The molecule has 0 bridgehead atoms. The first-order valence-corrected chi connectivity index (χ1v) is 3.37. The van der Waals surface area contributed by atoms with Crippen molar-refractivity contribution in [1.29, 1.82) is 0 Å². The number of hydrogen-bond donors (Lipinski definition) is 0. The fourth-order valence-electron chi connectivity index (χ4n) is 0.890. The second-order valence-corrected chi connectivity index (χ2v) is 2.60. The Morgan fingerprint density at radius 2 is 2.20 bits per heavy atom. The fraction of sp³-hybridized carbons (Fsp3) is 0.333.